The zero-order valence-corrected chi connectivity index (χ0v) is 11.5. The lowest BCUT2D eigenvalue weighted by atomic mass is 10.0. The van der Waals surface area contributed by atoms with Gasteiger partial charge < -0.3 is 0 Å². The van der Waals surface area contributed by atoms with Crippen molar-refractivity contribution in [2.24, 2.45) is 0 Å². The fourth-order valence-electron chi connectivity index (χ4n) is 1.84. The highest BCUT2D eigenvalue weighted by atomic mass is 127. The van der Waals surface area contributed by atoms with Crippen molar-refractivity contribution < 1.29 is 0 Å². The molecule has 1 aliphatic carbocycles. The van der Waals surface area contributed by atoms with Crippen LogP contribution >= 0.6 is 34.2 Å². The van der Waals surface area contributed by atoms with E-state index < -0.39 is 0 Å². The van der Waals surface area contributed by atoms with Gasteiger partial charge in [-0.15, -0.1) is 0 Å². The second-order valence-corrected chi connectivity index (χ2v) is 4.48. The molecule has 0 aliphatic heterocycles. The molecule has 0 heterocycles. The predicted octanol–water partition coefficient (Wildman–Crippen LogP) is 5.17. The molecule has 0 unspecified atom stereocenters. The van der Waals surface area contributed by atoms with Crippen molar-refractivity contribution in [2.45, 2.75) is 0 Å². The molecule has 0 fully saturated rings. The van der Waals surface area contributed by atoms with E-state index in [1.807, 2.05) is 28.4 Å². The number of hydrogen-bond donors (Lipinski definition) is 0. The van der Waals surface area contributed by atoms with Crippen molar-refractivity contribution in [3.8, 4) is 0 Å². The average molecular weight is 341 g/mol. The van der Waals surface area contributed by atoms with E-state index in [0.29, 0.717) is 0 Å². The summed E-state index contributed by atoms with van der Waals surface area (Å²) in [7, 11) is 0. The zero-order chi connectivity index (χ0) is 11.5. The van der Waals surface area contributed by atoms with Crippen molar-refractivity contribution in [1.82, 2.24) is 0 Å². The van der Waals surface area contributed by atoms with Gasteiger partial charge in [-0.05, 0) is 21.3 Å². The minimum Gasteiger partial charge on any atom is -0.0990 e. The first kappa shape index (κ1) is 11.7. The molecule has 0 radical (unpaired) electrons. The molecule has 1 aromatic carbocycles. The molecule has 16 heavy (non-hydrogen) atoms. The van der Waals surface area contributed by atoms with Crippen LogP contribution in [0.25, 0.3) is 11.1 Å². The Hall–Kier alpha value is -0.800. The molecule has 80 valence electrons. The van der Waals surface area contributed by atoms with E-state index in [-0.39, 0.29) is 0 Å². The number of allylic oxidation sites excluding steroid dienone is 6. The second-order valence-electron chi connectivity index (χ2n) is 3.38. The lowest BCUT2D eigenvalue weighted by Gasteiger charge is -2.00. The molecular formula is C14H10ClI. The van der Waals surface area contributed by atoms with Gasteiger partial charge in [0.2, 0.25) is 0 Å². The zero-order valence-electron chi connectivity index (χ0n) is 8.58. The Morgan fingerprint density at radius 2 is 1.88 bits per heavy atom. The number of fused-ring (bicyclic) bond motifs is 1. The average Bonchev–Trinajstić information content (AvgIpc) is 2.56. The molecule has 0 spiro atoms. The highest BCUT2D eigenvalue weighted by Gasteiger charge is 2.22. The Bertz CT molecular complexity index is 521. The number of hydrogen-bond acceptors (Lipinski definition) is 0. The van der Waals surface area contributed by atoms with Crippen LogP contribution in [0.2, 0.25) is 0 Å². The number of benzene rings is 1. The molecule has 1 aromatic rings. The van der Waals surface area contributed by atoms with Crippen molar-refractivity contribution in [3.63, 3.8) is 0 Å². The summed E-state index contributed by atoms with van der Waals surface area (Å²) in [4.78, 5) is 0. The fourth-order valence-corrected chi connectivity index (χ4v) is 2.53. The van der Waals surface area contributed by atoms with Gasteiger partial charge in [0.1, 0.15) is 0 Å². The van der Waals surface area contributed by atoms with Gasteiger partial charge in [0, 0.05) is 11.1 Å². The van der Waals surface area contributed by atoms with Gasteiger partial charge in [0.25, 0.3) is 0 Å². The summed E-state index contributed by atoms with van der Waals surface area (Å²) in [5, 5.41) is 0.800. The third kappa shape index (κ3) is 1.89. The molecule has 0 N–H and O–H groups in total. The van der Waals surface area contributed by atoms with E-state index in [1.54, 1.807) is 6.08 Å². The second kappa shape index (κ2) is 5.02. The summed E-state index contributed by atoms with van der Waals surface area (Å²) in [6, 6.07) is 8.23. The van der Waals surface area contributed by atoms with Crippen LogP contribution < -0.4 is 0 Å². The highest BCUT2D eigenvalue weighted by molar-refractivity contribution is 14.1. The molecular weight excluding hydrogens is 331 g/mol. The SMILES string of the molecule is C=CC=C1C(Cl)=C(/C=C/I)c2ccccc21. The Balaban J connectivity index is 2.69. The van der Waals surface area contributed by atoms with E-state index >= 15 is 0 Å². The fraction of sp³-hybridized carbons (Fsp3) is 0. The largest absolute Gasteiger partial charge is 0.0990 e. The third-order valence-electron chi connectivity index (χ3n) is 2.49. The maximum absolute atomic E-state index is 6.38. The van der Waals surface area contributed by atoms with Crippen molar-refractivity contribution >= 4 is 45.3 Å². The van der Waals surface area contributed by atoms with E-state index in [1.165, 1.54) is 11.1 Å². The standard InChI is InChI=1S/C14H10ClI/c1-2-5-12-10-6-3-4-7-11(10)13(8-9-16)14(12)15/h2-9H,1H2/b9-8+,12-5?. The molecule has 0 saturated heterocycles. The summed E-state index contributed by atoms with van der Waals surface area (Å²) >= 11 is 8.58. The summed E-state index contributed by atoms with van der Waals surface area (Å²) < 4.78 is 1.98. The molecule has 0 saturated carbocycles. The van der Waals surface area contributed by atoms with E-state index in [2.05, 4.69) is 41.3 Å². The van der Waals surface area contributed by atoms with Crippen LogP contribution in [0.1, 0.15) is 11.1 Å². The summed E-state index contributed by atoms with van der Waals surface area (Å²) in [6.45, 7) is 3.73. The predicted molar refractivity (Wildman–Crippen MR) is 80.5 cm³/mol. The molecule has 0 bridgehead atoms. The van der Waals surface area contributed by atoms with Crippen molar-refractivity contribution in [1.29, 1.82) is 0 Å². The maximum Gasteiger partial charge on any atom is 0.0563 e. The Morgan fingerprint density at radius 1 is 1.19 bits per heavy atom. The van der Waals surface area contributed by atoms with E-state index in [0.717, 1.165) is 16.2 Å². The van der Waals surface area contributed by atoms with Crippen molar-refractivity contribution in [3.05, 3.63) is 69.3 Å². The van der Waals surface area contributed by atoms with Gasteiger partial charge in [-0.25, -0.2) is 0 Å². The van der Waals surface area contributed by atoms with Gasteiger partial charge in [0.05, 0.1) is 5.03 Å². The first-order chi connectivity index (χ1) is 7.79. The lowest BCUT2D eigenvalue weighted by Crippen LogP contribution is -1.81. The maximum atomic E-state index is 6.38. The minimum absolute atomic E-state index is 0.800. The molecule has 0 atom stereocenters. The van der Waals surface area contributed by atoms with Crippen LogP contribution in [0.15, 0.2) is 58.2 Å². The topological polar surface area (TPSA) is 0 Å². The van der Waals surface area contributed by atoms with Crippen LogP contribution in [-0.2, 0) is 0 Å². The Labute approximate surface area is 114 Å². The van der Waals surface area contributed by atoms with Crippen LogP contribution in [-0.4, -0.2) is 0 Å². The highest BCUT2D eigenvalue weighted by Crippen LogP contribution is 2.43. The van der Waals surface area contributed by atoms with E-state index in [4.69, 9.17) is 11.6 Å². The minimum atomic E-state index is 0.800. The normalized spacial score (nSPS) is 17.2. The van der Waals surface area contributed by atoms with Gasteiger partial charge in [0.15, 0.2) is 0 Å². The quantitative estimate of drug-likeness (QED) is 0.652. The Kier molecular flexibility index (Phi) is 3.66. The third-order valence-corrected chi connectivity index (χ3v) is 3.26. The first-order valence-corrected chi connectivity index (χ1v) is 6.51. The molecule has 2 rings (SSSR count). The monoisotopic (exact) mass is 340 g/mol. The number of rotatable bonds is 2. The van der Waals surface area contributed by atoms with Gasteiger partial charge in [-0.2, -0.15) is 0 Å². The van der Waals surface area contributed by atoms with Crippen LogP contribution in [0.4, 0.5) is 0 Å². The molecule has 1 aliphatic rings. The smallest absolute Gasteiger partial charge is 0.0563 e. The lowest BCUT2D eigenvalue weighted by molar-refractivity contribution is 1.60. The van der Waals surface area contributed by atoms with Crippen LogP contribution in [0.3, 0.4) is 0 Å². The molecule has 0 aromatic heterocycles. The molecule has 0 nitrogen and oxygen atoms in total. The first-order valence-electron chi connectivity index (χ1n) is 4.89. The van der Waals surface area contributed by atoms with Gasteiger partial charge >= 0.3 is 0 Å². The Morgan fingerprint density at radius 3 is 2.50 bits per heavy atom. The summed E-state index contributed by atoms with van der Waals surface area (Å²) in [5.74, 6) is 0. The van der Waals surface area contributed by atoms with E-state index in [9.17, 15) is 0 Å². The summed E-state index contributed by atoms with van der Waals surface area (Å²) in [6.07, 6.45) is 5.76. The van der Waals surface area contributed by atoms with Gasteiger partial charge in [-0.1, -0.05) is 77.2 Å². The van der Waals surface area contributed by atoms with Gasteiger partial charge in [-0.3, -0.25) is 0 Å². The molecule has 0 amide bonds. The number of halogens is 2. The summed E-state index contributed by atoms with van der Waals surface area (Å²) in [5.41, 5.74) is 4.50. The van der Waals surface area contributed by atoms with Crippen LogP contribution in [0.5, 0.6) is 0 Å². The van der Waals surface area contributed by atoms with Crippen molar-refractivity contribution in [2.75, 3.05) is 0 Å². The molecule has 2 heteroatoms. The van der Waals surface area contributed by atoms with Crippen LogP contribution in [0, 0.1) is 0 Å².